The predicted molar refractivity (Wildman–Crippen MR) is 70.8 cm³/mol. The van der Waals surface area contributed by atoms with Crippen LogP contribution in [0.5, 0.6) is 0 Å². The highest BCUT2D eigenvalue weighted by atomic mass is 16.5. The first-order valence-electron chi connectivity index (χ1n) is 6.47. The second-order valence-corrected chi connectivity index (χ2v) is 5.20. The number of rotatable bonds is 8. The maximum atomic E-state index is 5.56. The fourth-order valence-electron chi connectivity index (χ4n) is 1.64. The molecule has 0 aliphatic carbocycles. The molecule has 1 aromatic rings. The van der Waals surface area contributed by atoms with Gasteiger partial charge in [-0.15, -0.1) is 0 Å². The zero-order valence-electron chi connectivity index (χ0n) is 11.8. The summed E-state index contributed by atoms with van der Waals surface area (Å²) in [5, 5.41) is 4.24. The maximum absolute atomic E-state index is 5.56. The van der Waals surface area contributed by atoms with Gasteiger partial charge in [0.15, 0.2) is 0 Å². The van der Waals surface area contributed by atoms with Gasteiger partial charge in [-0.3, -0.25) is 11.3 Å². The van der Waals surface area contributed by atoms with Crippen LogP contribution in [0.4, 0.5) is 0 Å². The van der Waals surface area contributed by atoms with E-state index in [1.54, 1.807) is 6.33 Å². The predicted octanol–water partition coefficient (Wildman–Crippen LogP) is 0.734. The van der Waals surface area contributed by atoms with Gasteiger partial charge in [0.25, 0.3) is 0 Å². The molecule has 0 saturated heterocycles. The maximum Gasteiger partial charge on any atom is 0.138 e. The summed E-state index contributed by atoms with van der Waals surface area (Å²) in [7, 11) is 0. The quantitative estimate of drug-likeness (QED) is 0.529. The third-order valence-electron chi connectivity index (χ3n) is 2.53. The summed E-state index contributed by atoms with van der Waals surface area (Å²) >= 11 is 0. The summed E-state index contributed by atoms with van der Waals surface area (Å²) in [6, 6.07) is 0.0579. The van der Waals surface area contributed by atoms with E-state index in [-0.39, 0.29) is 12.1 Å². The number of nitrogens with two attached hydrogens (primary N) is 1. The summed E-state index contributed by atoms with van der Waals surface area (Å²) in [4.78, 5) is 4.28. The SMILES string of the molecule is CC(C)Cn1ncnc1CC(COC(C)C)NN. The van der Waals surface area contributed by atoms with Crippen molar-refractivity contribution in [1.82, 2.24) is 20.2 Å². The molecule has 0 saturated carbocycles. The molecule has 6 nitrogen and oxygen atoms in total. The van der Waals surface area contributed by atoms with Crippen LogP contribution in [0, 0.1) is 5.92 Å². The third-order valence-corrected chi connectivity index (χ3v) is 2.53. The van der Waals surface area contributed by atoms with Crippen molar-refractivity contribution in [3.05, 3.63) is 12.2 Å². The van der Waals surface area contributed by atoms with Gasteiger partial charge in [0.1, 0.15) is 12.2 Å². The summed E-state index contributed by atoms with van der Waals surface area (Å²) in [6.07, 6.45) is 2.51. The van der Waals surface area contributed by atoms with E-state index in [0.29, 0.717) is 12.5 Å². The highest BCUT2D eigenvalue weighted by Crippen LogP contribution is 2.04. The Balaban J connectivity index is 2.55. The molecular weight excluding hydrogens is 230 g/mol. The van der Waals surface area contributed by atoms with Crippen molar-refractivity contribution in [3.63, 3.8) is 0 Å². The molecule has 18 heavy (non-hydrogen) atoms. The lowest BCUT2D eigenvalue weighted by Gasteiger charge is -2.18. The molecule has 0 aliphatic rings. The highest BCUT2D eigenvalue weighted by molar-refractivity contribution is 4.89. The molecule has 0 spiro atoms. The van der Waals surface area contributed by atoms with Crippen molar-refractivity contribution in [2.75, 3.05) is 6.61 Å². The van der Waals surface area contributed by atoms with E-state index >= 15 is 0 Å². The monoisotopic (exact) mass is 255 g/mol. The first-order valence-corrected chi connectivity index (χ1v) is 6.47. The Morgan fingerprint density at radius 1 is 1.39 bits per heavy atom. The van der Waals surface area contributed by atoms with Crippen LogP contribution in [0.3, 0.4) is 0 Å². The number of hydrogen-bond donors (Lipinski definition) is 2. The second-order valence-electron chi connectivity index (χ2n) is 5.20. The van der Waals surface area contributed by atoms with Gasteiger partial charge in [0, 0.05) is 13.0 Å². The molecule has 6 heteroatoms. The minimum absolute atomic E-state index is 0.0579. The van der Waals surface area contributed by atoms with E-state index in [9.17, 15) is 0 Å². The van der Waals surface area contributed by atoms with E-state index in [4.69, 9.17) is 10.6 Å². The molecular formula is C12H25N5O. The number of hydrazine groups is 1. The molecule has 1 aromatic heterocycles. The molecule has 3 N–H and O–H groups in total. The van der Waals surface area contributed by atoms with Crippen LogP contribution in [-0.2, 0) is 17.7 Å². The van der Waals surface area contributed by atoms with Crippen LogP contribution in [0.15, 0.2) is 6.33 Å². The molecule has 0 radical (unpaired) electrons. The zero-order chi connectivity index (χ0) is 13.5. The first kappa shape index (κ1) is 15.1. The normalized spacial score (nSPS) is 13.5. The number of ether oxygens (including phenoxy) is 1. The van der Waals surface area contributed by atoms with Gasteiger partial charge in [-0.1, -0.05) is 13.8 Å². The Hall–Kier alpha value is -0.980. The third kappa shape index (κ3) is 5.12. The molecule has 1 heterocycles. The van der Waals surface area contributed by atoms with E-state index in [1.165, 1.54) is 0 Å². The molecule has 1 rings (SSSR count). The van der Waals surface area contributed by atoms with Gasteiger partial charge in [-0.25, -0.2) is 9.67 Å². The van der Waals surface area contributed by atoms with Gasteiger partial charge in [0.2, 0.25) is 0 Å². The molecule has 0 aromatic carbocycles. The average molecular weight is 255 g/mol. The number of hydrogen-bond acceptors (Lipinski definition) is 5. The molecule has 0 amide bonds. The Morgan fingerprint density at radius 3 is 2.67 bits per heavy atom. The van der Waals surface area contributed by atoms with Gasteiger partial charge in [-0.05, 0) is 19.8 Å². The lowest BCUT2D eigenvalue weighted by molar-refractivity contribution is 0.0607. The van der Waals surface area contributed by atoms with Crippen LogP contribution < -0.4 is 11.3 Å². The van der Waals surface area contributed by atoms with Crippen LogP contribution >= 0.6 is 0 Å². The number of nitrogens with zero attached hydrogens (tertiary/aromatic N) is 3. The van der Waals surface area contributed by atoms with Crippen LogP contribution in [-0.4, -0.2) is 33.5 Å². The standard InChI is InChI=1S/C12H25N5O/c1-9(2)6-17-12(14-8-15-17)5-11(16-13)7-18-10(3)4/h8-11,16H,5-7,13H2,1-4H3. The lowest BCUT2D eigenvalue weighted by Crippen LogP contribution is -2.41. The zero-order valence-corrected chi connectivity index (χ0v) is 11.8. The Bertz CT molecular complexity index is 337. The van der Waals surface area contributed by atoms with E-state index in [2.05, 4.69) is 29.4 Å². The molecule has 1 atom stereocenters. The summed E-state index contributed by atoms with van der Waals surface area (Å²) in [6.45, 7) is 9.78. The minimum atomic E-state index is 0.0579. The Morgan fingerprint density at radius 2 is 2.11 bits per heavy atom. The smallest absolute Gasteiger partial charge is 0.138 e. The molecule has 1 unspecified atom stereocenters. The van der Waals surface area contributed by atoms with Crippen molar-refractivity contribution >= 4 is 0 Å². The number of aromatic nitrogens is 3. The second kappa shape index (κ2) is 7.45. The van der Waals surface area contributed by atoms with E-state index in [0.717, 1.165) is 18.8 Å². The van der Waals surface area contributed by atoms with Crippen LogP contribution in [0.25, 0.3) is 0 Å². The fraction of sp³-hybridized carbons (Fsp3) is 0.833. The van der Waals surface area contributed by atoms with E-state index < -0.39 is 0 Å². The van der Waals surface area contributed by atoms with Crippen molar-refractivity contribution in [2.24, 2.45) is 11.8 Å². The van der Waals surface area contributed by atoms with Crippen LogP contribution in [0.2, 0.25) is 0 Å². The van der Waals surface area contributed by atoms with E-state index in [1.807, 2.05) is 18.5 Å². The summed E-state index contributed by atoms with van der Waals surface area (Å²) in [5.41, 5.74) is 2.77. The van der Waals surface area contributed by atoms with Gasteiger partial charge in [0.05, 0.1) is 18.8 Å². The van der Waals surface area contributed by atoms with Crippen molar-refractivity contribution < 1.29 is 4.74 Å². The summed E-state index contributed by atoms with van der Waals surface area (Å²) in [5.74, 6) is 7.03. The van der Waals surface area contributed by atoms with Crippen molar-refractivity contribution in [1.29, 1.82) is 0 Å². The molecule has 104 valence electrons. The molecule has 0 bridgehead atoms. The number of nitrogens with one attached hydrogen (secondary N) is 1. The minimum Gasteiger partial charge on any atom is -0.377 e. The molecule has 0 fully saturated rings. The Kier molecular flexibility index (Phi) is 6.24. The van der Waals surface area contributed by atoms with Gasteiger partial charge in [-0.2, -0.15) is 5.10 Å². The van der Waals surface area contributed by atoms with Gasteiger partial charge >= 0.3 is 0 Å². The molecule has 0 aliphatic heterocycles. The van der Waals surface area contributed by atoms with Crippen molar-refractivity contribution in [2.45, 2.75) is 52.8 Å². The first-order chi connectivity index (χ1) is 8.52. The Labute approximate surface area is 109 Å². The summed E-state index contributed by atoms with van der Waals surface area (Å²) < 4.78 is 7.50. The topological polar surface area (TPSA) is 78.0 Å². The average Bonchev–Trinajstić information content (AvgIpc) is 2.70. The van der Waals surface area contributed by atoms with Crippen LogP contribution in [0.1, 0.15) is 33.5 Å². The fourth-order valence-corrected chi connectivity index (χ4v) is 1.64. The lowest BCUT2D eigenvalue weighted by atomic mass is 10.2. The van der Waals surface area contributed by atoms with Crippen molar-refractivity contribution in [3.8, 4) is 0 Å². The largest absolute Gasteiger partial charge is 0.377 e. The van der Waals surface area contributed by atoms with Gasteiger partial charge < -0.3 is 4.74 Å². The highest BCUT2D eigenvalue weighted by Gasteiger charge is 2.14.